The van der Waals surface area contributed by atoms with Crippen LogP contribution in [0.1, 0.15) is 32.1 Å². The van der Waals surface area contributed by atoms with Crippen LogP contribution in [-0.4, -0.2) is 73.6 Å². The minimum absolute atomic E-state index is 0.0159. The van der Waals surface area contributed by atoms with Crippen LogP contribution in [0.3, 0.4) is 0 Å². The molecular weight excluding hydrogens is 422 g/mol. The standard InChI is InChI=1S/C17H27N3O7S2/c1-12-10-14(15(28-12)20(22)23)29(24,25)19-8-7-18(11-13(19)6-9-26-5)16(21)27-17(2,3)4/h10,13H,6-9,11H2,1-5H3. The number of ether oxygens (including phenoxy) is 2. The molecule has 1 amide bonds. The molecule has 0 saturated carbocycles. The van der Waals surface area contributed by atoms with Gasteiger partial charge in [0, 0.05) is 44.3 Å². The van der Waals surface area contributed by atoms with Crippen molar-refractivity contribution in [3.8, 4) is 0 Å². The van der Waals surface area contributed by atoms with Crippen molar-refractivity contribution in [3.63, 3.8) is 0 Å². The Hall–Kier alpha value is -1.76. The van der Waals surface area contributed by atoms with E-state index in [4.69, 9.17) is 9.47 Å². The van der Waals surface area contributed by atoms with Gasteiger partial charge in [0.25, 0.3) is 10.0 Å². The molecule has 0 N–H and O–H groups in total. The zero-order valence-corrected chi connectivity index (χ0v) is 18.8. The summed E-state index contributed by atoms with van der Waals surface area (Å²) in [6, 6.07) is 0.743. The lowest BCUT2D eigenvalue weighted by Crippen LogP contribution is -2.57. The molecule has 0 spiro atoms. The number of piperazine rings is 1. The fraction of sp³-hybridized carbons (Fsp3) is 0.706. The van der Waals surface area contributed by atoms with Crippen molar-refractivity contribution < 1.29 is 27.6 Å². The highest BCUT2D eigenvalue weighted by atomic mass is 32.2. The van der Waals surface area contributed by atoms with E-state index in [1.807, 2.05) is 0 Å². The molecule has 10 nitrogen and oxygen atoms in total. The van der Waals surface area contributed by atoms with Crippen molar-refractivity contribution >= 4 is 32.5 Å². The number of sulfonamides is 1. The third-order valence-corrected chi connectivity index (χ3v) is 7.39. The molecule has 1 aromatic heterocycles. The lowest BCUT2D eigenvalue weighted by Gasteiger charge is -2.40. The number of amides is 1. The first-order chi connectivity index (χ1) is 13.4. The Morgan fingerprint density at radius 2 is 2.03 bits per heavy atom. The molecule has 0 radical (unpaired) electrons. The highest BCUT2D eigenvalue weighted by molar-refractivity contribution is 7.89. The molecule has 1 aliphatic heterocycles. The quantitative estimate of drug-likeness (QED) is 0.484. The van der Waals surface area contributed by atoms with Gasteiger partial charge in [-0.25, -0.2) is 13.2 Å². The first-order valence-corrected chi connectivity index (χ1v) is 11.4. The Bertz CT molecular complexity index is 861. The van der Waals surface area contributed by atoms with Crippen molar-refractivity contribution in [3.05, 3.63) is 21.1 Å². The molecular formula is C17H27N3O7S2. The molecule has 1 atom stereocenters. The molecule has 1 saturated heterocycles. The highest BCUT2D eigenvalue weighted by Crippen LogP contribution is 2.36. The number of carbonyl (C=O) groups excluding carboxylic acids is 1. The third-order valence-electron chi connectivity index (χ3n) is 4.29. The van der Waals surface area contributed by atoms with E-state index in [0.717, 1.165) is 11.3 Å². The van der Waals surface area contributed by atoms with Crippen LogP contribution in [-0.2, 0) is 19.5 Å². The Labute approximate surface area is 174 Å². The van der Waals surface area contributed by atoms with Gasteiger partial charge in [0.15, 0.2) is 4.90 Å². The van der Waals surface area contributed by atoms with Gasteiger partial charge in [-0.2, -0.15) is 4.31 Å². The largest absolute Gasteiger partial charge is 0.444 e. The van der Waals surface area contributed by atoms with Crippen LogP contribution < -0.4 is 0 Å². The Morgan fingerprint density at radius 1 is 1.38 bits per heavy atom. The number of nitro groups is 1. The lowest BCUT2D eigenvalue weighted by atomic mass is 10.1. The summed E-state index contributed by atoms with van der Waals surface area (Å²) in [4.78, 5) is 24.8. The van der Waals surface area contributed by atoms with Crippen LogP contribution in [0.2, 0.25) is 0 Å². The Morgan fingerprint density at radius 3 is 2.59 bits per heavy atom. The summed E-state index contributed by atoms with van der Waals surface area (Å²) in [6.07, 6.45) is -0.180. The van der Waals surface area contributed by atoms with Gasteiger partial charge in [-0.05, 0) is 40.2 Å². The van der Waals surface area contributed by atoms with Gasteiger partial charge in [0.05, 0.1) is 4.92 Å². The Balaban J connectivity index is 2.32. The van der Waals surface area contributed by atoms with E-state index in [0.29, 0.717) is 11.3 Å². The smallest absolute Gasteiger partial charge is 0.410 e. The van der Waals surface area contributed by atoms with Gasteiger partial charge < -0.3 is 14.4 Å². The maximum Gasteiger partial charge on any atom is 0.410 e. The number of thiophene rings is 1. The van der Waals surface area contributed by atoms with Crippen LogP contribution >= 0.6 is 11.3 Å². The van der Waals surface area contributed by atoms with Crippen molar-refractivity contribution in [1.82, 2.24) is 9.21 Å². The number of aryl methyl sites for hydroxylation is 1. The molecule has 2 heterocycles. The summed E-state index contributed by atoms with van der Waals surface area (Å²) >= 11 is 0.830. The minimum atomic E-state index is -4.11. The SMILES string of the molecule is COCCC1CN(C(=O)OC(C)(C)C)CCN1S(=O)(=O)c1cc(C)sc1[N+](=O)[O-]. The van der Waals surface area contributed by atoms with E-state index in [1.165, 1.54) is 22.4 Å². The molecule has 164 valence electrons. The van der Waals surface area contributed by atoms with Crippen LogP contribution in [0.15, 0.2) is 11.0 Å². The molecule has 0 bridgehead atoms. The van der Waals surface area contributed by atoms with Gasteiger partial charge in [-0.15, -0.1) is 0 Å². The second kappa shape index (κ2) is 8.94. The number of hydrogen-bond acceptors (Lipinski definition) is 8. The molecule has 1 aliphatic rings. The number of hydrogen-bond donors (Lipinski definition) is 0. The van der Waals surface area contributed by atoms with Crippen LogP contribution in [0.5, 0.6) is 0 Å². The second-order valence-electron chi connectivity index (χ2n) is 7.76. The maximum absolute atomic E-state index is 13.3. The van der Waals surface area contributed by atoms with Gasteiger partial charge in [0.2, 0.25) is 0 Å². The molecule has 29 heavy (non-hydrogen) atoms. The number of rotatable bonds is 6. The van der Waals surface area contributed by atoms with E-state index in [9.17, 15) is 23.3 Å². The van der Waals surface area contributed by atoms with Crippen molar-refractivity contribution in [1.29, 1.82) is 0 Å². The fourth-order valence-corrected chi connectivity index (χ4v) is 6.04. The zero-order valence-electron chi connectivity index (χ0n) is 17.2. The lowest BCUT2D eigenvalue weighted by molar-refractivity contribution is -0.383. The number of carbonyl (C=O) groups is 1. The summed E-state index contributed by atoms with van der Waals surface area (Å²) in [6.45, 7) is 7.44. The summed E-state index contributed by atoms with van der Waals surface area (Å²) in [5.74, 6) is 0. The van der Waals surface area contributed by atoms with E-state index in [-0.39, 0.29) is 31.1 Å². The van der Waals surface area contributed by atoms with E-state index in [2.05, 4.69) is 0 Å². The highest BCUT2D eigenvalue weighted by Gasteiger charge is 2.41. The monoisotopic (exact) mass is 449 g/mol. The first-order valence-electron chi connectivity index (χ1n) is 9.10. The average Bonchev–Trinajstić information content (AvgIpc) is 3.01. The summed E-state index contributed by atoms with van der Waals surface area (Å²) in [5, 5.41) is 10.9. The summed E-state index contributed by atoms with van der Waals surface area (Å²) in [7, 11) is -2.61. The fourth-order valence-electron chi connectivity index (χ4n) is 3.05. The average molecular weight is 450 g/mol. The molecule has 2 rings (SSSR count). The summed E-state index contributed by atoms with van der Waals surface area (Å²) < 4.78 is 38.2. The van der Waals surface area contributed by atoms with E-state index >= 15 is 0 Å². The van der Waals surface area contributed by atoms with Gasteiger partial charge in [0.1, 0.15) is 5.60 Å². The van der Waals surface area contributed by atoms with Crippen LogP contribution in [0, 0.1) is 17.0 Å². The topological polar surface area (TPSA) is 119 Å². The van der Waals surface area contributed by atoms with Crippen molar-refractivity contribution in [2.24, 2.45) is 0 Å². The first kappa shape index (κ1) is 23.5. The predicted molar refractivity (Wildman–Crippen MR) is 108 cm³/mol. The van der Waals surface area contributed by atoms with Crippen LogP contribution in [0.4, 0.5) is 9.80 Å². The summed E-state index contributed by atoms with van der Waals surface area (Å²) in [5.41, 5.74) is -0.670. The van der Waals surface area contributed by atoms with Crippen molar-refractivity contribution in [2.75, 3.05) is 33.4 Å². The van der Waals surface area contributed by atoms with Gasteiger partial charge in [-0.1, -0.05) is 11.3 Å². The number of nitrogens with zero attached hydrogens (tertiary/aromatic N) is 3. The zero-order chi connectivity index (χ0) is 22.0. The van der Waals surface area contributed by atoms with Crippen LogP contribution in [0.25, 0.3) is 0 Å². The molecule has 0 aliphatic carbocycles. The molecule has 12 heteroatoms. The van der Waals surface area contributed by atoms with Gasteiger partial charge in [-0.3, -0.25) is 10.1 Å². The number of methoxy groups -OCH3 is 1. The van der Waals surface area contributed by atoms with E-state index < -0.39 is 37.7 Å². The second-order valence-corrected chi connectivity index (χ2v) is 10.9. The third kappa shape index (κ3) is 5.65. The predicted octanol–water partition coefficient (Wildman–Crippen LogP) is 2.61. The molecule has 1 aromatic rings. The van der Waals surface area contributed by atoms with Gasteiger partial charge >= 0.3 is 11.1 Å². The Kier molecular flexibility index (Phi) is 7.25. The maximum atomic E-state index is 13.3. The molecule has 0 aromatic carbocycles. The molecule has 1 unspecified atom stereocenters. The normalized spacial score (nSPS) is 18.7. The van der Waals surface area contributed by atoms with E-state index in [1.54, 1.807) is 27.7 Å². The minimum Gasteiger partial charge on any atom is -0.444 e. The van der Waals surface area contributed by atoms with Crippen molar-refractivity contribution in [2.45, 2.75) is 50.7 Å². The molecule has 1 fully saturated rings.